The molecule has 1 aromatic carbocycles. The number of likely N-dealkylation sites (tertiary alicyclic amines) is 1. The molecule has 1 fully saturated rings. The zero-order valence-electron chi connectivity index (χ0n) is 27.8. The summed E-state index contributed by atoms with van der Waals surface area (Å²) in [4.78, 5) is 31.9. The van der Waals surface area contributed by atoms with Gasteiger partial charge in [0.1, 0.15) is 16.2 Å². The molecule has 1 saturated heterocycles. The summed E-state index contributed by atoms with van der Waals surface area (Å²) in [7, 11) is 0. The number of ether oxygens (including phenoxy) is 1. The molecule has 27 heteroatoms. The lowest BCUT2D eigenvalue weighted by Gasteiger charge is -2.46. The van der Waals surface area contributed by atoms with Crippen LogP contribution in [0.4, 0.5) is 0 Å². The number of benzene rings is 1. The van der Waals surface area contributed by atoms with E-state index < -0.39 is 103 Å². The van der Waals surface area contributed by atoms with E-state index in [1.165, 1.54) is 0 Å². The molecule has 0 radical (unpaired) electrons. The third kappa shape index (κ3) is 7.08. The van der Waals surface area contributed by atoms with Crippen molar-refractivity contribution in [1.82, 2.24) is 19.7 Å². The smallest absolute Gasteiger partial charge is 0.409 e. The van der Waals surface area contributed by atoms with Crippen LogP contribution in [-0.2, 0) is 23.7 Å². The number of fused-ring (bicyclic) bond motifs is 2. The second-order valence-corrected chi connectivity index (χ2v) is 14.7. The van der Waals surface area contributed by atoms with Crippen LogP contribution in [0.2, 0.25) is 0 Å². The minimum absolute atomic E-state index is 0.0201. The molecule has 55 heavy (non-hydrogen) atoms. The molecular formula is C28H36N4O22S. The molecule has 5 rings (SSSR count). The third-order valence-electron chi connectivity index (χ3n) is 9.37. The maximum Gasteiger partial charge on any atom is 0.409 e. The SMILES string of the molecule is CC(O)(O)n1nc(C(O)(O)O)c2cc(C(=O)N3CCC4(CC3)CC(=O)c3nc(C(C(O)(O)O)(C(O)(O)O)C(O)(O)O)sc3C4)cc(OC(O)(O)C(O)(O)O)c21. The summed E-state index contributed by atoms with van der Waals surface area (Å²) in [5.74, 6) is -32.8. The van der Waals surface area contributed by atoms with Crippen molar-refractivity contribution in [3.05, 3.63) is 39.0 Å². The van der Waals surface area contributed by atoms with Crippen LogP contribution in [0.25, 0.3) is 10.9 Å². The molecule has 1 spiro atoms. The Hall–Kier alpha value is -3.50. The topological polar surface area (TPSA) is 462 Å². The van der Waals surface area contributed by atoms with Crippen LogP contribution < -0.4 is 4.74 Å². The highest BCUT2D eigenvalue weighted by Gasteiger charge is 2.77. The van der Waals surface area contributed by atoms with Gasteiger partial charge in [-0.25, -0.2) is 9.67 Å². The van der Waals surface area contributed by atoms with Crippen molar-refractivity contribution in [3.8, 4) is 5.75 Å². The van der Waals surface area contributed by atoms with Gasteiger partial charge in [-0.2, -0.15) is 5.10 Å². The molecule has 306 valence electrons. The van der Waals surface area contributed by atoms with Gasteiger partial charge in [-0.15, -0.1) is 11.3 Å². The van der Waals surface area contributed by atoms with E-state index >= 15 is 0 Å². The minimum atomic E-state index is -4.72. The summed E-state index contributed by atoms with van der Waals surface area (Å²) in [5, 5.41) is 189. The summed E-state index contributed by atoms with van der Waals surface area (Å²) in [6, 6.07) is 1.47. The zero-order chi connectivity index (χ0) is 41.9. The summed E-state index contributed by atoms with van der Waals surface area (Å²) < 4.78 is 4.85. The zero-order valence-corrected chi connectivity index (χ0v) is 28.6. The van der Waals surface area contributed by atoms with Crippen LogP contribution in [0.5, 0.6) is 5.75 Å². The molecule has 0 atom stereocenters. The highest BCUT2D eigenvalue weighted by atomic mass is 32.1. The van der Waals surface area contributed by atoms with Gasteiger partial charge in [-0.1, -0.05) is 0 Å². The fraction of sp³-hybridized carbons (Fsp3) is 0.571. The van der Waals surface area contributed by atoms with Crippen LogP contribution >= 0.6 is 11.3 Å². The van der Waals surface area contributed by atoms with E-state index in [1.807, 2.05) is 0 Å². The van der Waals surface area contributed by atoms with E-state index in [9.17, 15) is 107 Å². The minimum Gasteiger partial charge on any atom is -0.431 e. The predicted molar refractivity (Wildman–Crippen MR) is 166 cm³/mol. The maximum absolute atomic E-state index is 13.8. The number of rotatable bonds is 10. The van der Waals surface area contributed by atoms with Crippen molar-refractivity contribution in [2.24, 2.45) is 5.41 Å². The van der Waals surface area contributed by atoms with Crippen molar-refractivity contribution < 1.29 is 111 Å². The number of ketones is 1. The summed E-state index contributed by atoms with van der Waals surface area (Å²) in [6.07, 6.45) is -0.518. The molecule has 1 aliphatic carbocycles. The Morgan fingerprint density at radius 3 is 1.76 bits per heavy atom. The van der Waals surface area contributed by atoms with Gasteiger partial charge >= 0.3 is 35.8 Å². The van der Waals surface area contributed by atoms with Gasteiger partial charge in [0.2, 0.25) is 0 Å². The van der Waals surface area contributed by atoms with Crippen LogP contribution in [0.3, 0.4) is 0 Å². The number of hydrogen-bond donors (Lipinski definition) is 19. The van der Waals surface area contributed by atoms with Crippen molar-refractivity contribution in [2.45, 2.75) is 79.8 Å². The monoisotopic (exact) mass is 812 g/mol. The van der Waals surface area contributed by atoms with Crippen molar-refractivity contribution in [3.63, 3.8) is 0 Å². The first-order chi connectivity index (χ1) is 24.6. The highest BCUT2D eigenvalue weighted by Crippen LogP contribution is 2.52. The molecule has 3 aromatic rings. The summed E-state index contributed by atoms with van der Waals surface area (Å²) in [6.45, 7) is 0.260. The van der Waals surface area contributed by atoms with Gasteiger partial charge < -0.3 is 107 Å². The first-order valence-corrected chi connectivity index (χ1v) is 16.2. The molecule has 2 aromatic heterocycles. The fourth-order valence-electron chi connectivity index (χ4n) is 6.69. The van der Waals surface area contributed by atoms with Crippen LogP contribution in [0.1, 0.15) is 62.6 Å². The Kier molecular flexibility index (Phi) is 9.89. The van der Waals surface area contributed by atoms with E-state index in [0.29, 0.717) is 13.0 Å². The molecule has 3 heterocycles. The number of carbonyl (C=O) groups excluding carboxylic acids is 2. The van der Waals surface area contributed by atoms with Crippen molar-refractivity contribution >= 4 is 33.9 Å². The molecule has 0 saturated carbocycles. The highest BCUT2D eigenvalue weighted by molar-refractivity contribution is 7.12. The Labute approximate surface area is 307 Å². The van der Waals surface area contributed by atoms with Crippen LogP contribution in [-0.4, -0.2) is 171 Å². The van der Waals surface area contributed by atoms with Gasteiger partial charge in [0.25, 0.3) is 17.2 Å². The lowest BCUT2D eigenvalue weighted by atomic mass is 9.68. The lowest BCUT2D eigenvalue weighted by Crippen LogP contribution is -2.76. The number of aromatic nitrogens is 3. The Morgan fingerprint density at radius 2 is 1.31 bits per heavy atom. The second kappa shape index (κ2) is 12.8. The Balaban J connectivity index is 1.51. The van der Waals surface area contributed by atoms with E-state index in [4.69, 9.17) is 4.74 Å². The number of carbonyl (C=O) groups is 2. The van der Waals surface area contributed by atoms with Crippen molar-refractivity contribution in [2.75, 3.05) is 13.1 Å². The number of aliphatic hydroxyl groups is 19. The van der Waals surface area contributed by atoms with Crippen molar-refractivity contribution in [1.29, 1.82) is 0 Å². The molecule has 1 aliphatic heterocycles. The third-order valence-corrected chi connectivity index (χ3v) is 10.5. The quantitative estimate of drug-likeness (QED) is 0.0845. The van der Waals surface area contributed by atoms with E-state index in [-0.39, 0.29) is 59.7 Å². The molecule has 1 amide bonds. The largest absolute Gasteiger partial charge is 0.431 e. The molecule has 26 nitrogen and oxygen atoms in total. The summed E-state index contributed by atoms with van der Waals surface area (Å²) >= 11 is 0.148. The number of nitrogens with zero attached hydrogens (tertiary/aromatic N) is 4. The van der Waals surface area contributed by atoms with Gasteiger partial charge in [-0.3, -0.25) is 9.59 Å². The maximum atomic E-state index is 13.8. The normalized spacial score (nSPS) is 18.0. The molecule has 2 aliphatic rings. The van der Waals surface area contributed by atoms with Crippen LogP contribution in [0, 0.1) is 5.41 Å². The average Bonchev–Trinajstić information content (AvgIpc) is 3.57. The first kappa shape index (κ1) is 42.6. The number of thiazole rings is 1. The van der Waals surface area contributed by atoms with E-state index in [1.54, 1.807) is 0 Å². The molecule has 0 unspecified atom stereocenters. The Morgan fingerprint density at radius 1 is 0.782 bits per heavy atom. The predicted octanol–water partition coefficient (Wildman–Crippen LogP) is -8.98. The van der Waals surface area contributed by atoms with Gasteiger partial charge in [0.15, 0.2) is 17.2 Å². The number of amides is 1. The van der Waals surface area contributed by atoms with E-state index in [0.717, 1.165) is 11.0 Å². The molecular weight excluding hydrogens is 776 g/mol. The van der Waals surface area contributed by atoms with Gasteiger partial charge in [-0.05, 0) is 36.8 Å². The number of hydrogen-bond acceptors (Lipinski definition) is 25. The Bertz CT molecular complexity index is 1960. The van der Waals surface area contributed by atoms with Crippen LogP contribution in [0.15, 0.2) is 12.1 Å². The number of piperidine rings is 1. The lowest BCUT2D eigenvalue weighted by molar-refractivity contribution is -0.531. The van der Waals surface area contributed by atoms with Gasteiger partial charge in [0, 0.05) is 42.3 Å². The molecule has 19 N–H and O–H groups in total. The standard InChI is InChI=1S/C28H36N4O22S/c1-20(35,36)32-16-11(17(30-32)23(37,38)39)6-10(7-13(16)54-28(52,53)27(49,50)51)18(34)31-4-2-21(3-5-31)8-12(33)15-14(9-21)55-19(29-15)22(24(40,41)42,25(43,44)45)26(46,47)48/h6-7,35-53H,2-5,8-9H2,1H3. The first-order valence-electron chi connectivity index (χ1n) is 15.4. The van der Waals surface area contributed by atoms with E-state index in [2.05, 4.69) is 10.1 Å². The fourth-order valence-corrected chi connectivity index (χ4v) is 8.26. The average molecular weight is 813 g/mol. The molecule has 0 bridgehead atoms. The summed E-state index contributed by atoms with van der Waals surface area (Å²) in [5.41, 5.74) is -8.53. The number of Topliss-reactive ketones (excluding diaryl/α,β-unsaturated/α-hetero) is 1. The van der Waals surface area contributed by atoms with Gasteiger partial charge in [0.05, 0.1) is 0 Å². The second-order valence-electron chi connectivity index (χ2n) is 13.6.